The van der Waals surface area contributed by atoms with Gasteiger partial charge in [0.2, 0.25) is 0 Å². The lowest BCUT2D eigenvalue weighted by Gasteiger charge is -2.36. The Kier molecular flexibility index (Phi) is 4.91. The number of rotatable bonds is 5. The molecule has 1 aliphatic rings. The van der Waals surface area contributed by atoms with Gasteiger partial charge in [-0.15, -0.1) is 0 Å². The molecule has 5 heteroatoms. The topological polar surface area (TPSA) is 55.2 Å². The van der Waals surface area contributed by atoms with Gasteiger partial charge >= 0.3 is 0 Å². The van der Waals surface area contributed by atoms with Gasteiger partial charge in [0.15, 0.2) is 0 Å². The Morgan fingerprint density at radius 3 is 2.60 bits per heavy atom. The van der Waals surface area contributed by atoms with Crippen LogP contribution < -0.4 is 5.32 Å². The van der Waals surface area contributed by atoms with E-state index in [1.165, 1.54) is 32.1 Å². The number of non-ortho nitro benzene ring substituents is 1. The van der Waals surface area contributed by atoms with Crippen molar-refractivity contribution in [3.05, 3.63) is 33.9 Å². The lowest BCUT2D eigenvalue weighted by molar-refractivity contribution is -0.384. The second-order valence-electron chi connectivity index (χ2n) is 5.56. The molecule has 0 amide bonds. The molecule has 2 rings (SSSR count). The van der Waals surface area contributed by atoms with Crippen molar-refractivity contribution < 1.29 is 4.92 Å². The zero-order valence-electron chi connectivity index (χ0n) is 12.1. The van der Waals surface area contributed by atoms with Gasteiger partial charge in [-0.1, -0.05) is 19.3 Å². The molecule has 0 heterocycles. The van der Waals surface area contributed by atoms with Gasteiger partial charge in [-0.25, -0.2) is 0 Å². The van der Waals surface area contributed by atoms with Gasteiger partial charge in [-0.2, -0.15) is 11.8 Å². The van der Waals surface area contributed by atoms with Crippen molar-refractivity contribution in [1.82, 2.24) is 0 Å². The summed E-state index contributed by atoms with van der Waals surface area (Å²) in [5.41, 5.74) is 2.10. The third-order valence-electron chi connectivity index (χ3n) is 4.22. The fraction of sp³-hybridized carbons (Fsp3) is 0.600. The van der Waals surface area contributed by atoms with Gasteiger partial charge in [0.05, 0.1) is 4.92 Å². The van der Waals surface area contributed by atoms with E-state index in [2.05, 4.69) is 11.6 Å². The first kappa shape index (κ1) is 15.2. The van der Waals surface area contributed by atoms with E-state index in [-0.39, 0.29) is 10.6 Å². The molecule has 1 fully saturated rings. The molecule has 1 aliphatic carbocycles. The molecule has 1 aromatic rings. The highest BCUT2D eigenvalue weighted by molar-refractivity contribution is 8.00. The Morgan fingerprint density at radius 2 is 2.05 bits per heavy atom. The summed E-state index contributed by atoms with van der Waals surface area (Å²) in [6, 6.07) is 5.03. The number of anilines is 1. The Labute approximate surface area is 124 Å². The fourth-order valence-corrected chi connectivity index (χ4v) is 3.78. The number of nitrogens with zero attached hydrogens (tertiary/aromatic N) is 1. The van der Waals surface area contributed by atoms with Crippen molar-refractivity contribution in [2.45, 2.75) is 43.8 Å². The molecule has 0 aliphatic heterocycles. The van der Waals surface area contributed by atoms with Crippen molar-refractivity contribution in [1.29, 1.82) is 0 Å². The summed E-state index contributed by atoms with van der Waals surface area (Å²) in [6.07, 6.45) is 8.67. The van der Waals surface area contributed by atoms with Gasteiger partial charge < -0.3 is 5.32 Å². The third-order valence-corrected chi connectivity index (χ3v) is 5.64. The van der Waals surface area contributed by atoms with E-state index in [9.17, 15) is 10.1 Å². The predicted octanol–water partition coefficient (Wildman–Crippen LogP) is 4.38. The van der Waals surface area contributed by atoms with E-state index in [0.717, 1.165) is 17.8 Å². The highest BCUT2D eigenvalue weighted by Crippen LogP contribution is 2.38. The van der Waals surface area contributed by atoms with E-state index < -0.39 is 0 Å². The first-order valence-electron chi connectivity index (χ1n) is 7.10. The van der Waals surface area contributed by atoms with Crippen LogP contribution in [0.4, 0.5) is 11.4 Å². The van der Waals surface area contributed by atoms with E-state index >= 15 is 0 Å². The quantitative estimate of drug-likeness (QED) is 0.646. The molecule has 1 aromatic carbocycles. The largest absolute Gasteiger partial charge is 0.383 e. The normalized spacial score (nSPS) is 17.7. The van der Waals surface area contributed by atoms with Crippen LogP contribution in [0.2, 0.25) is 0 Å². The van der Waals surface area contributed by atoms with Crippen LogP contribution in [0.3, 0.4) is 0 Å². The molecule has 0 radical (unpaired) electrons. The van der Waals surface area contributed by atoms with Gasteiger partial charge in [-0.05, 0) is 37.7 Å². The summed E-state index contributed by atoms with van der Waals surface area (Å²) in [7, 11) is 0. The van der Waals surface area contributed by atoms with Crippen LogP contribution in [0.25, 0.3) is 0 Å². The number of nitro benzene ring substituents is 1. The maximum Gasteiger partial charge on any atom is 0.269 e. The second-order valence-corrected chi connectivity index (χ2v) is 6.83. The number of hydrogen-bond donors (Lipinski definition) is 1. The fourth-order valence-electron chi connectivity index (χ4n) is 2.87. The van der Waals surface area contributed by atoms with Crippen LogP contribution in [0.1, 0.15) is 37.7 Å². The number of nitro groups is 1. The molecule has 0 spiro atoms. The molecule has 1 N–H and O–H groups in total. The molecule has 0 bridgehead atoms. The SMILES string of the molecule is CSC1(CNc2ccc([N+](=O)[O-])cc2C)CCCCC1. The molecular weight excluding hydrogens is 272 g/mol. The molecule has 1 saturated carbocycles. The van der Waals surface area contributed by atoms with E-state index in [1.54, 1.807) is 12.1 Å². The Bertz CT molecular complexity index is 485. The highest BCUT2D eigenvalue weighted by Gasteiger charge is 2.30. The lowest BCUT2D eigenvalue weighted by Crippen LogP contribution is -2.35. The smallest absolute Gasteiger partial charge is 0.269 e. The Morgan fingerprint density at radius 1 is 1.35 bits per heavy atom. The molecule has 4 nitrogen and oxygen atoms in total. The number of aryl methyl sites for hydroxylation is 1. The summed E-state index contributed by atoms with van der Waals surface area (Å²) < 4.78 is 0.326. The molecule has 0 atom stereocenters. The van der Waals surface area contributed by atoms with Crippen LogP contribution in [-0.4, -0.2) is 22.5 Å². The minimum absolute atomic E-state index is 0.158. The van der Waals surface area contributed by atoms with E-state index in [4.69, 9.17) is 0 Å². The molecule has 0 aromatic heterocycles. The summed E-state index contributed by atoms with van der Waals surface area (Å²) in [5, 5.41) is 14.2. The summed E-state index contributed by atoms with van der Waals surface area (Å²) in [6.45, 7) is 2.86. The Balaban J connectivity index is 2.04. The van der Waals surface area contributed by atoms with Crippen molar-refractivity contribution >= 4 is 23.1 Å². The molecule has 20 heavy (non-hydrogen) atoms. The zero-order chi connectivity index (χ0) is 14.6. The number of thioether (sulfide) groups is 1. The maximum atomic E-state index is 10.7. The zero-order valence-corrected chi connectivity index (χ0v) is 13.0. The molecule has 0 unspecified atom stereocenters. The minimum Gasteiger partial charge on any atom is -0.383 e. The van der Waals surface area contributed by atoms with Crippen molar-refractivity contribution in [2.24, 2.45) is 0 Å². The minimum atomic E-state index is -0.346. The highest BCUT2D eigenvalue weighted by atomic mass is 32.2. The van der Waals surface area contributed by atoms with E-state index in [1.807, 2.05) is 24.8 Å². The predicted molar refractivity (Wildman–Crippen MR) is 85.7 cm³/mol. The third kappa shape index (κ3) is 3.45. The summed E-state index contributed by atoms with van der Waals surface area (Å²) >= 11 is 1.96. The van der Waals surface area contributed by atoms with Gasteiger partial charge in [0.1, 0.15) is 0 Å². The van der Waals surface area contributed by atoms with Crippen molar-refractivity contribution in [3.8, 4) is 0 Å². The van der Waals surface area contributed by atoms with Crippen molar-refractivity contribution in [2.75, 3.05) is 18.1 Å². The first-order valence-corrected chi connectivity index (χ1v) is 8.33. The molecular formula is C15H22N2O2S. The van der Waals surface area contributed by atoms with Gasteiger partial charge in [0.25, 0.3) is 5.69 Å². The number of benzene rings is 1. The second kappa shape index (κ2) is 6.48. The van der Waals surface area contributed by atoms with Gasteiger partial charge in [-0.3, -0.25) is 10.1 Å². The first-order chi connectivity index (χ1) is 9.56. The average molecular weight is 294 g/mol. The number of hydrogen-bond acceptors (Lipinski definition) is 4. The van der Waals surface area contributed by atoms with Crippen LogP contribution in [-0.2, 0) is 0 Å². The Hall–Kier alpha value is -1.23. The van der Waals surface area contributed by atoms with Crippen LogP contribution in [0.15, 0.2) is 18.2 Å². The monoisotopic (exact) mass is 294 g/mol. The summed E-state index contributed by atoms with van der Waals surface area (Å²) in [4.78, 5) is 10.4. The van der Waals surface area contributed by atoms with Crippen LogP contribution in [0.5, 0.6) is 0 Å². The van der Waals surface area contributed by atoms with Crippen LogP contribution >= 0.6 is 11.8 Å². The lowest BCUT2D eigenvalue weighted by atomic mass is 9.88. The maximum absolute atomic E-state index is 10.7. The van der Waals surface area contributed by atoms with Gasteiger partial charge in [0, 0.05) is 29.1 Å². The molecule has 0 saturated heterocycles. The van der Waals surface area contributed by atoms with E-state index in [0.29, 0.717) is 4.75 Å². The van der Waals surface area contributed by atoms with Crippen molar-refractivity contribution in [3.63, 3.8) is 0 Å². The summed E-state index contributed by atoms with van der Waals surface area (Å²) in [5.74, 6) is 0. The number of nitrogens with one attached hydrogen (secondary N) is 1. The average Bonchev–Trinajstić information content (AvgIpc) is 2.47. The molecule has 110 valence electrons. The van der Waals surface area contributed by atoms with Crippen LogP contribution in [0, 0.1) is 17.0 Å². The standard InChI is InChI=1S/C15H22N2O2S/c1-12-10-13(17(18)19)6-7-14(12)16-11-15(20-2)8-4-3-5-9-15/h6-7,10,16H,3-5,8-9,11H2,1-2H3.